The molecule has 4 rings (SSSR count). The van der Waals surface area contributed by atoms with Crippen LogP contribution in [0.15, 0.2) is 41.2 Å². The number of benzene rings is 1. The summed E-state index contributed by atoms with van der Waals surface area (Å²) in [6, 6.07) is 11.7. The summed E-state index contributed by atoms with van der Waals surface area (Å²) < 4.78 is 7.08. The number of rotatable bonds is 4. The summed E-state index contributed by atoms with van der Waals surface area (Å²) in [7, 11) is 1.65. The third-order valence-electron chi connectivity index (χ3n) is 5.69. The summed E-state index contributed by atoms with van der Waals surface area (Å²) in [5, 5.41) is 3.27. The van der Waals surface area contributed by atoms with E-state index in [0.29, 0.717) is 31.2 Å². The zero-order valence-electron chi connectivity index (χ0n) is 15.8. The van der Waals surface area contributed by atoms with Crippen molar-refractivity contribution in [1.82, 2.24) is 9.47 Å². The fourth-order valence-electron chi connectivity index (χ4n) is 4.28. The van der Waals surface area contributed by atoms with Crippen LogP contribution in [0.3, 0.4) is 0 Å². The molecule has 2 atom stereocenters. The van der Waals surface area contributed by atoms with Crippen LogP contribution in [0.4, 0.5) is 5.69 Å². The SMILES string of the molecule is COc1ccc(CNc2ccc3n(c2=O)C[C@H]2C[C@@H]3CN(C(C)=O)C2)cc1. The van der Waals surface area contributed by atoms with E-state index in [-0.39, 0.29) is 17.4 Å². The standard InChI is InChI=1S/C21H25N3O3/c1-14(25)23-11-16-9-17(13-23)20-8-7-19(21(26)24(20)12-16)22-10-15-3-5-18(27-2)6-4-15/h3-8,16-17,22H,9-13H2,1-2H3/t16-,17+/m0/s1. The molecule has 1 fully saturated rings. The predicted molar refractivity (Wildman–Crippen MR) is 104 cm³/mol. The number of fused-ring (bicyclic) bond motifs is 4. The highest BCUT2D eigenvalue weighted by Gasteiger charge is 2.35. The molecule has 2 aliphatic heterocycles. The second kappa shape index (κ2) is 7.10. The predicted octanol–water partition coefficient (Wildman–Crippen LogP) is 2.43. The van der Waals surface area contributed by atoms with Gasteiger partial charge < -0.3 is 19.5 Å². The number of methoxy groups -OCH3 is 1. The Balaban J connectivity index is 1.53. The summed E-state index contributed by atoms with van der Waals surface area (Å²) in [6.07, 6.45) is 1.06. The van der Waals surface area contributed by atoms with Crippen LogP contribution in [0.5, 0.6) is 5.75 Å². The van der Waals surface area contributed by atoms with Crippen LogP contribution in [0.25, 0.3) is 0 Å². The van der Waals surface area contributed by atoms with Gasteiger partial charge in [-0.3, -0.25) is 9.59 Å². The Hall–Kier alpha value is -2.76. The van der Waals surface area contributed by atoms with E-state index < -0.39 is 0 Å². The molecule has 142 valence electrons. The van der Waals surface area contributed by atoms with Gasteiger partial charge in [0, 0.05) is 44.7 Å². The largest absolute Gasteiger partial charge is 0.497 e. The summed E-state index contributed by atoms with van der Waals surface area (Å²) in [6.45, 7) is 4.36. The topological polar surface area (TPSA) is 63.6 Å². The third-order valence-corrected chi connectivity index (χ3v) is 5.69. The summed E-state index contributed by atoms with van der Waals surface area (Å²) in [5.41, 5.74) is 2.80. The van der Waals surface area contributed by atoms with Gasteiger partial charge in [0.05, 0.1) is 7.11 Å². The van der Waals surface area contributed by atoms with Crippen molar-refractivity contribution in [2.24, 2.45) is 5.92 Å². The van der Waals surface area contributed by atoms with E-state index in [2.05, 4.69) is 5.32 Å². The quantitative estimate of drug-likeness (QED) is 0.902. The van der Waals surface area contributed by atoms with E-state index in [1.54, 1.807) is 14.0 Å². The number of ether oxygens (including phenoxy) is 1. The number of hydrogen-bond donors (Lipinski definition) is 1. The number of carbonyl (C=O) groups is 1. The molecular weight excluding hydrogens is 342 g/mol. The summed E-state index contributed by atoms with van der Waals surface area (Å²) in [4.78, 5) is 26.7. The molecule has 1 saturated heterocycles. The Bertz CT molecular complexity index is 904. The van der Waals surface area contributed by atoms with Gasteiger partial charge in [-0.25, -0.2) is 0 Å². The van der Waals surface area contributed by atoms with Gasteiger partial charge in [-0.1, -0.05) is 12.1 Å². The first-order valence-corrected chi connectivity index (χ1v) is 9.41. The molecule has 2 aromatic rings. The highest BCUT2D eigenvalue weighted by atomic mass is 16.5. The lowest BCUT2D eigenvalue weighted by Crippen LogP contribution is -2.48. The molecule has 0 aliphatic carbocycles. The Labute approximate surface area is 158 Å². The molecule has 2 aliphatic rings. The number of piperidine rings is 1. The highest BCUT2D eigenvalue weighted by molar-refractivity contribution is 5.73. The van der Waals surface area contributed by atoms with Crippen molar-refractivity contribution in [3.63, 3.8) is 0 Å². The van der Waals surface area contributed by atoms with Gasteiger partial charge in [0.2, 0.25) is 5.91 Å². The minimum atomic E-state index is 0.0342. The lowest BCUT2D eigenvalue weighted by molar-refractivity contribution is -0.131. The van der Waals surface area contributed by atoms with E-state index in [9.17, 15) is 9.59 Å². The number of nitrogens with zero attached hydrogens (tertiary/aromatic N) is 2. The van der Waals surface area contributed by atoms with Crippen molar-refractivity contribution in [3.05, 3.63) is 58.0 Å². The average molecular weight is 367 g/mol. The van der Waals surface area contributed by atoms with Crippen LogP contribution in [0.1, 0.15) is 30.5 Å². The Kier molecular flexibility index (Phi) is 4.64. The zero-order chi connectivity index (χ0) is 19.0. The number of anilines is 1. The van der Waals surface area contributed by atoms with E-state index in [0.717, 1.165) is 30.0 Å². The molecule has 0 radical (unpaired) electrons. The second-order valence-electron chi connectivity index (χ2n) is 7.51. The number of amides is 1. The molecule has 6 heteroatoms. The number of carbonyl (C=O) groups excluding carboxylic acids is 1. The number of nitrogens with one attached hydrogen (secondary N) is 1. The zero-order valence-corrected chi connectivity index (χ0v) is 15.8. The van der Waals surface area contributed by atoms with E-state index in [4.69, 9.17) is 4.74 Å². The third kappa shape index (κ3) is 3.44. The van der Waals surface area contributed by atoms with Crippen molar-refractivity contribution < 1.29 is 9.53 Å². The Morgan fingerprint density at radius 2 is 1.93 bits per heavy atom. The van der Waals surface area contributed by atoms with Crippen LogP contribution >= 0.6 is 0 Å². The molecule has 1 amide bonds. The van der Waals surface area contributed by atoms with Crippen LogP contribution < -0.4 is 15.6 Å². The smallest absolute Gasteiger partial charge is 0.274 e. The molecular formula is C21H25N3O3. The Morgan fingerprint density at radius 1 is 1.15 bits per heavy atom. The maximum atomic E-state index is 13.0. The highest BCUT2D eigenvalue weighted by Crippen LogP contribution is 2.35. The second-order valence-corrected chi connectivity index (χ2v) is 7.51. The molecule has 1 N–H and O–H groups in total. The van der Waals surface area contributed by atoms with Crippen LogP contribution in [0.2, 0.25) is 0 Å². The average Bonchev–Trinajstić information content (AvgIpc) is 2.68. The molecule has 0 saturated carbocycles. The number of hydrogen-bond acceptors (Lipinski definition) is 4. The van der Waals surface area contributed by atoms with Gasteiger partial charge in [0.15, 0.2) is 0 Å². The molecule has 0 spiro atoms. The molecule has 27 heavy (non-hydrogen) atoms. The van der Waals surface area contributed by atoms with Crippen molar-refractivity contribution in [2.45, 2.75) is 32.4 Å². The van der Waals surface area contributed by atoms with Gasteiger partial charge in [-0.2, -0.15) is 0 Å². The fraction of sp³-hybridized carbons (Fsp3) is 0.429. The first kappa shape index (κ1) is 17.6. The number of likely N-dealkylation sites (tertiary alicyclic amines) is 1. The maximum absolute atomic E-state index is 13.0. The summed E-state index contributed by atoms with van der Waals surface area (Å²) >= 11 is 0. The van der Waals surface area contributed by atoms with Crippen molar-refractivity contribution >= 4 is 11.6 Å². The monoisotopic (exact) mass is 367 g/mol. The summed E-state index contributed by atoms with van der Waals surface area (Å²) in [5.74, 6) is 1.55. The van der Waals surface area contributed by atoms with Gasteiger partial charge in [-0.15, -0.1) is 0 Å². The van der Waals surface area contributed by atoms with Gasteiger partial charge in [0.1, 0.15) is 11.4 Å². The molecule has 1 aromatic heterocycles. The van der Waals surface area contributed by atoms with Crippen molar-refractivity contribution in [1.29, 1.82) is 0 Å². The molecule has 1 aromatic carbocycles. The van der Waals surface area contributed by atoms with Crippen LogP contribution in [-0.4, -0.2) is 35.6 Å². The normalized spacial score (nSPS) is 20.7. The maximum Gasteiger partial charge on any atom is 0.274 e. The van der Waals surface area contributed by atoms with Crippen LogP contribution in [0, 0.1) is 5.92 Å². The molecule has 3 heterocycles. The fourth-order valence-corrected chi connectivity index (χ4v) is 4.28. The minimum Gasteiger partial charge on any atom is -0.497 e. The van der Waals surface area contributed by atoms with Crippen LogP contribution in [-0.2, 0) is 17.9 Å². The van der Waals surface area contributed by atoms with E-state index in [1.165, 1.54) is 0 Å². The Morgan fingerprint density at radius 3 is 2.63 bits per heavy atom. The minimum absolute atomic E-state index is 0.0342. The molecule has 0 unspecified atom stereocenters. The van der Waals surface area contributed by atoms with Gasteiger partial charge >= 0.3 is 0 Å². The van der Waals surface area contributed by atoms with Gasteiger partial charge in [-0.05, 0) is 42.2 Å². The van der Waals surface area contributed by atoms with Crippen molar-refractivity contribution in [3.8, 4) is 5.75 Å². The molecule has 2 bridgehead atoms. The first-order valence-electron chi connectivity index (χ1n) is 9.41. The number of aromatic nitrogens is 1. The van der Waals surface area contributed by atoms with Crippen molar-refractivity contribution in [2.75, 3.05) is 25.5 Å². The first-order chi connectivity index (χ1) is 13.0. The van der Waals surface area contributed by atoms with E-state index in [1.807, 2.05) is 45.9 Å². The lowest BCUT2D eigenvalue weighted by Gasteiger charge is -2.42. The van der Waals surface area contributed by atoms with Gasteiger partial charge in [0.25, 0.3) is 5.56 Å². The van der Waals surface area contributed by atoms with E-state index >= 15 is 0 Å². The molecule has 6 nitrogen and oxygen atoms in total. The number of pyridine rings is 1. The lowest BCUT2D eigenvalue weighted by atomic mass is 9.83.